The summed E-state index contributed by atoms with van der Waals surface area (Å²) >= 11 is 0. The molecule has 222 valence electrons. The van der Waals surface area contributed by atoms with Crippen molar-refractivity contribution >= 4 is 46.4 Å². The minimum atomic E-state index is -0.318. The van der Waals surface area contributed by atoms with Crippen molar-refractivity contribution in [2.24, 2.45) is 0 Å². The predicted molar refractivity (Wildman–Crippen MR) is 168 cm³/mol. The normalized spacial score (nSPS) is 10.8. The van der Waals surface area contributed by atoms with Crippen LogP contribution in [0.1, 0.15) is 46.4 Å². The molecular weight excluding hydrogens is 532 g/mol. The van der Waals surface area contributed by atoms with Crippen LogP contribution in [0, 0.1) is 0 Å². The highest BCUT2D eigenvalue weighted by Crippen LogP contribution is 2.17. The van der Waals surface area contributed by atoms with Gasteiger partial charge in [-0.05, 0) is 127 Å². The largest absolute Gasteiger partial charge is 0.326 e. The zero-order valence-corrected chi connectivity index (χ0v) is 24.7. The number of amides is 4. The molecular formula is C32H40N6O4. The van der Waals surface area contributed by atoms with Crippen LogP contribution in [-0.2, 0) is 9.59 Å². The van der Waals surface area contributed by atoms with Gasteiger partial charge in [-0.15, -0.1) is 0 Å². The summed E-state index contributed by atoms with van der Waals surface area (Å²) in [5.74, 6) is -0.738. The van der Waals surface area contributed by atoms with Gasteiger partial charge >= 0.3 is 0 Å². The van der Waals surface area contributed by atoms with Crippen molar-refractivity contribution in [2.45, 2.75) is 25.7 Å². The third-order valence-electron chi connectivity index (χ3n) is 6.28. The predicted octanol–water partition coefficient (Wildman–Crippen LogP) is 4.75. The molecule has 0 unspecified atom stereocenters. The summed E-state index contributed by atoms with van der Waals surface area (Å²) in [4.78, 5) is 53.6. The van der Waals surface area contributed by atoms with Gasteiger partial charge in [-0.3, -0.25) is 19.2 Å². The molecule has 0 heterocycles. The molecule has 3 rings (SSSR count). The molecule has 0 spiro atoms. The average Bonchev–Trinajstić information content (AvgIpc) is 2.95. The first-order chi connectivity index (χ1) is 20.1. The number of rotatable bonds is 14. The summed E-state index contributed by atoms with van der Waals surface area (Å²) in [5, 5.41) is 11.3. The van der Waals surface area contributed by atoms with E-state index < -0.39 is 0 Å². The number of carbonyl (C=O) groups excluding carboxylic acids is 4. The maximum Gasteiger partial charge on any atom is 0.255 e. The van der Waals surface area contributed by atoms with Gasteiger partial charge in [0.1, 0.15) is 0 Å². The van der Waals surface area contributed by atoms with Crippen LogP contribution in [0.3, 0.4) is 0 Å². The molecule has 0 bridgehead atoms. The van der Waals surface area contributed by atoms with Crippen molar-refractivity contribution in [1.82, 2.24) is 9.80 Å². The van der Waals surface area contributed by atoms with Crippen LogP contribution < -0.4 is 21.3 Å². The number of anilines is 4. The molecule has 42 heavy (non-hydrogen) atoms. The Morgan fingerprint density at radius 1 is 0.476 bits per heavy atom. The highest BCUT2D eigenvalue weighted by atomic mass is 16.2. The van der Waals surface area contributed by atoms with Gasteiger partial charge in [0.25, 0.3) is 11.8 Å². The molecule has 0 fully saturated rings. The van der Waals surface area contributed by atoms with Gasteiger partial charge in [0.2, 0.25) is 11.8 Å². The van der Waals surface area contributed by atoms with Gasteiger partial charge < -0.3 is 31.1 Å². The molecule has 3 aromatic rings. The Balaban J connectivity index is 1.46. The summed E-state index contributed by atoms with van der Waals surface area (Å²) in [6, 6.07) is 20.2. The second kappa shape index (κ2) is 16.0. The van der Waals surface area contributed by atoms with Crippen molar-refractivity contribution in [2.75, 3.05) is 62.5 Å². The summed E-state index contributed by atoms with van der Waals surface area (Å²) < 4.78 is 0. The van der Waals surface area contributed by atoms with E-state index >= 15 is 0 Å². The molecule has 10 nitrogen and oxygen atoms in total. The number of hydrogen-bond donors (Lipinski definition) is 4. The first-order valence-electron chi connectivity index (χ1n) is 13.9. The van der Waals surface area contributed by atoms with E-state index in [9.17, 15) is 19.2 Å². The van der Waals surface area contributed by atoms with E-state index in [4.69, 9.17) is 0 Å². The van der Waals surface area contributed by atoms with E-state index in [1.807, 2.05) is 38.0 Å². The smallest absolute Gasteiger partial charge is 0.255 e. The Bertz CT molecular complexity index is 1230. The maximum absolute atomic E-state index is 12.7. The van der Waals surface area contributed by atoms with Crippen molar-refractivity contribution in [1.29, 1.82) is 0 Å². The molecule has 0 aliphatic carbocycles. The van der Waals surface area contributed by atoms with E-state index in [0.29, 0.717) is 46.7 Å². The van der Waals surface area contributed by atoms with E-state index in [1.54, 1.807) is 72.8 Å². The zero-order chi connectivity index (χ0) is 30.5. The quantitative estimate of drug-likeness (QED) is 0.221. The molecule has 0 saturated carbocycles. The van der Waals surface area contributed by atoms with E-state index in [1.165, 1.54) is 0 Å². The lowest BCUT2D eigenvalue weighted by atomic mass is 10.1. The zero-order valence-electron chi connectivity index (χ0n) is 24.7. The SMILES string of the molecule is CN(C)CCCC(=O)Nc1ccc(NC(=O)c2ccc(C(=O)Nc3ccc(NC(=O)CCCN(C)C)cc3)cc2)cc1. The van der Waals surface area contributed by atoms with Crippen molar-refractivity contribution in [3.63, 3.8) is 0 Å². The minimum absolute atomic E-state index is 0.0510. The molecule has 0 aliphatic rings. The standard InChI is InChI=1S/C32H40N6O4/c1-37(2)21-5-7-29(39)33-25-13-17-27(18-14-25)35-31(41)23-9-11-24(12-10-23)32(42)36-28-19-15-26(16-20-28)34-30(40)8-6-22-38(3)4/h9-20H,5-8,21-22H2,1-4H3,(H,33,39)(H,34,40)(H,35,41)(H,36,42). The lowest BCUT2D eigenvalue weighted by Gasteiger charge is -2.11. The van der Waals surface area contributed by atoms with Crippen LogP contribution in [0.4, 0.5) is 22.7 Å². The van der Waals surface area contributed by atoms with Crippen LogP contribution in [0.5, 0.6) is 0 Å². The fourth-order valence-corrected chi connectivity index (χ4v) is 4.01. The first-order valence-corrected chi connectivity index (χ1v) is 13.9. The first kappa shape index (κ1) is 32.0. The van der Waals surface area contributed by atoms with Gasteiger partial charge in [0.05, 0.1) is 0 Å². The molecule has 0 atom stereocenters. The van der Waals surface area contributed by atoms with Gasteiger partial charge in [0.15, 0.2) is 0 Å². The Morgan fingerprint density at radius 2 is 0.762 bits per heavy atom. The summed E-state index contributed by atoms with van der Waals surface area (Å²) in [5.41, 5.74) is 3.29. The lowest BCUT2D eigenvalue weighted by molar-refractivity contribution is -0.117. The maximum atomic E-state index is 12.7. The number of nitrogens with one attached hydrogen (secondary N) is 4. The molecule has 10 heteroatoms. The van der Waals surface area contributed by atoms with E-state index in [2.05, 4.69) is 21.3 Å². The van der Waals surface area contributed by atoms with Gasteiger partial charge in [0, 0.05) is 46.7 Å². The molecule has 3 aromatic carbocycles. The van der Waals surface area contributed by atoms with E-state index in [0.717, 1.165) is 25.9 Å². The third kappa shape index (κ3) is 11.1. The van der Waals surface area contributed by atoms with Crippen LogP contribution >= 0.6 is 0 Å². The molecule has 4 amide bonds. The van der Waals surface area contributed by atoms with Gasteiger partial charge in [-0.25, -0.2) is 0 Å². The monoisotopic (exact) mass is 572 g/mol. The second-order valence-electron chi connectivity index (χ2n) is 10.6. The Kier molecular flexibility index (Phi) is 12.2. The topological polar surface area (TPSA) is 123 Å². The number of benzene rings is 3. The second-order valence-corrected chi connectivity index (χ2v) is 10.6. The fourth-order valence-electron chi connectivity index (χ4n) is 4.01. The van der Waals surface area contributed by atoms with Crippen molar-refractivity contribution < 1.29 is 19.2 Å². The Labute approximate surface area is 247 Å². The third-order valence-corrected chi connectivity index (χ3v) is 6.28. The van der Waals surface area contributed by atoms with Crippen LogP contribution in [0.15, 0.2) is 72.8 Å². The number of nitrogens with zero attached hydrogens (tertiary/aromatic N) is 2. The summed E-state index contributed by atoms with van der Waals surface area (Å²) in [6.07, 6.45) is 2.43. The highest BCUT2D eigenvalue weighted by Gasteiger charge is 2.11. The van der Waals surface area contributed by atoms with Gasteiger partial charge in [-0.2, -0.15) is 0 Å². The molecule has 0 aromatic heterocycles. The molecule has 0 radical (unpaired) electrons. The Morgan fingerprint density at radius 3 is 1.05 bits per heavy atom. The lowest BCUT2D eigenvalue weighted by Crippen LogP contribution is -2.17. The van der Waals surface area contributed by atoms with Crippen LogP contribution in [0.2, 0.25) is 0 Å². The summed E-state index contributed by atoms with van der Waals surface area (Å²) in [7, 11) is 7.88. The van der Waals surface area contributed by atoms with Crippen LogP contribution in [0.25, 0.3) is 0 Å². The fraction of sp³-hybridized carbons (Fsp3) is 0.312. The minimum Gasteiger partial charge on any atom is -0.326 e. The van der Waals surface area contributed by atoms with Crippen molar-refractivity contribution in [3.05, 3.63) is 83.9 Å². The van der Waals surface area contributed by atoms with Gasteiger partial charge in [-0.1, -0.05) is 0 Å². The van der Waals surface area contributed by atoms with Crippen LogP contribution in [-0.4, -0.2) is 74.7 Å². The number of hydrogen-bond acceptors (Lipinski definition) is 6. The molecule has 4 N–H and O–H groups in total. The molecule has 0 aliphatic heterocycles. The average molecular weight is 573 g/mol. The van der Waals surface area contributed by atoms with E-state index in [-0.39, 0.29) is 23.6 Å². The molecule has 0 saturated heterocycles. The number of carbonyl (C=O) groups is 4. The Hall–Kier alpha value is -4.54. The van der Waals surface area contributed by atoms with Crippen molar-refractivity contribution in [3.8, 4) is 0 Å². The summed E-state index contributed by atoms with van der Waals surface area (Å²) in [6.45, 7) is 1.69. The highest BCUT2D eigenvalue weighted by molar-refractivity contribution is 6.07.